The maximum atomic E-state index is 12.4. The molecule has 0 saturated heterocycles. The van der Waals surface area contributed by atoms with E-state index in [0.29, 0.717) is 13.0 Å². The third-order valence-electron chi connectivity index (χ3n) is 3.97. The van der Waals surface area contributed by atoms with Crippen LogP contribution in [0.3, 0.4) is 0 Å². The van der Waals surface area contributed by atoms with Crippen molar-refractivity contribution in [3.63, 3.8) is 0 Å². The highest BCUT2D eigenvalue weighted by molar-refractivity contribution is 5.70. The summed E-state index contributed by atoms with van der Waals surface area (Å²) in [5.41, 5.74) is 3.19. The monoisotopic (exact) mass is 297 g/mol. The Balaban J connectivity index is 1.69. The van der Waals surface area contributed by atoms with Crippen LogP contribution in [0.5, 0.6) is 0 Å². The summed E-state index contributed by atoms with van der Waals surface area (Å²) in [6.07, 6.45) is 0.191. The molecule has 114 valence electrons. The molecule has 0 radical (unpaired) electrons. The molecule has 0 saturated carbocycles. The maximum Gasteiger partial charge on any atom is 0.410 e. The van der Waals surface area contributed by atoms with E-state index in [0.717, 1.165) is 16.7 Å². The number of ether oxygens (including phenoxy) is 1. The van der Waals surface area contributed by atoms with Crippen LogP contribution >= 0.6 is 0 Å². The fourth-order valence-corrected chi connectivity index (χ4v) is 2.89. The standard InChI is InChI=1S/C18H19NO3/c20-11-10-17-16-9-5-4-8-15(16)12-19(17)18(21)22-13-14-6-2-1-3-7-14/h1-9,17,20H,10-13H2/t17-/m0/s1. The molecule has 1 aliphatic heterocycles. The first-order valence-electron chi connectivity index (χ1n) is 7.45. The Labute approximate surface area is 130 Å². The van der Waals surface area contributed by atoms with Crippen molar-refractivity contribution >= 4 is 6.09 Å². The van der Waals surface area contributed by atoms with Gasteiger partial charge in [0.05, 0.1) is 6.04 Å². The normalized spacial score (nSPS) is 16.4. The van der Waals surface area contributed by atoms with E-state index in [9.17, 15) is 9.90 Å². The smallest absolute Gasteiger partial charge is 0.410 e. The Kier molecular flexibility index (Phi) is 4.39. The number of carbonyl (C=O) groups excluding carboxylic acids is 1. The Morgan fingerprint density at radius 1 is 1.14 bits per heavy atom. The van der Waals surface area contributed by atoms with Crippen LogP contribution < -0.4 is 0 Å². The first-order valence-corrected chi connectivity index (χ1v) is 7.45. The SMILES string of the molecule is O=C(OCc1ccccc1)N1Cc2ccccc2[C@@H]1CCO. The van der Waals surface area contributed by atoms with Crippen molar-refractivity contribution in [3.05, 3.63) is 71.3 Å². The minimum atomic E-state index is -0.335. The predicted octanol–water partition coefficient (Wildman–Crippen LogP) is 3.26. The lowest BCUT2D eigenvalue weighted by Crippen LogP contribution is -2.30. The number of nitrogens with zero attached hydrogens (tertiary/aromatic N) is 1. The average molecular weight is 297 g/mol. The van der Waals surface area contributed by atoms with Crippen LogP contribution in [0.4, 0.5) is 4.79 Å². The zero-order valence-corrected chi connectivity index (χ0v) is 12.3. The van der Waals surface area contributed by atoms with E-state index in [4.69, 9.17) is 4.74 Å². The molecule has 22 heavy (non-hydrogen) atoms. The van der Waals surface area contributed by atoms with Gasteiger partial charge in [0.2, 0.25) is 0 Å². The zero-order chi connectivity index (χ0) is 15.4. The summed E-state index contributed by atoms with van der Waals surface area (Å²) in [5, 5.41) is 9.28. The van der Waals surface area contributed by atoms with Crippen LogP contribution in [0.25, 0.3) is 0 Å². The molecule has 0 bridgehead atoms. The van der Waals surface area contributed by atoms with Crippen LogP contribution in [-0.4, -0.2) is 22.7 Å². The lowest BCUT2D eigenvalue weighted by Gasteiger charge is -2.24. The molecule has 1 atom stereocenters. The summed E-state index contributed by atoms with van der Waals surface area (Å²) in [6.45, 7) is 0.842. The number of aliphatic hydroxyl groups is 1. The van der Waals surface area contributed by atoms with Crippen molar-refractivity contribution in [2.45, 2.75) is 25.6 Å². The van der Waals surface area contributed by atoms with Crippen LogP contribution in [0.1, 0.15) is 29.2 Å². The van der Waals surface area contributed by atoms with Gasteiger partial charge in [-0.3, -0.25) is 4.90 Å². The van der Waals surface area contributed by atoms with E-state index in [1.165, 1.54) is 0 Å². The van der Waals surface area contributed by atoms with Crippen molar-refractivity contribution in [1.29, 1.82) is 0 Å². The first-order chi connectivity index (χ1) is 10.8. The van der Waals surface area contributed by atoms with Gasteiger partial charge in [-0.25, -0.2) is 4.79 Å². The Hall–Kier alpha value is -2.33. The molecule has 0 unspecified atom stereocenters. The van der Waals surface area contributed by atoms with E-state index >= 15 is 0 Å². The molecule has 4 heteroatoms. The minimum absolute atomic E-state index is 0.0431. The zero-order valence-electron chi connectivity index (χ0n) is 12.3. The second-order valence-electron chi connectivity index (χ2n) is 5.39. The predicted molar refractivity (Wildman–Crippen MR) is 83.1 cm³/mol. The molecule has 0 aliphatic carbocycles. The highest BCUT2D eigenvalue weighted by Crippen LogP contribution is 2.36. The molecule has 0 fully saturated rings. The van der Waals surface area contributed by atoms with E-state index in [2.05, 4.69) is 0 Å². The molecule has 4 nitrogen and oxygen atoms in total. The second kappa shape index (κ2) is 6.62. The number of aliphatic hydroxyl groups excluding tert-OH is 1. The summed E-state index contributed by atoms with van der Waals surface area (Å²) in [4.78, 5) is 14.1. The molecule has 1 heterocycles. The molecule has 2 aromatic rings. The van der Waals surface area contributed by atoms with Crippen LogP contribution in [0.15, 0.2) is 54.6 Å². The molecule has 0 aromatic heterocycles. The number of hydrogen-bond donors (Lipinski definition) is 1. The van der Waals surface area contributed by atoms with Crippen molar-refractivity contribution in [1.82, 2.24) is 4.90 Å². The number of fused-ring (bicyclic) bond motifs is 1. The van der Waals surface area contributed by atoms with Gasteiger partial charge in [-0.1, -0.05) is 54.6 Å². The van der Waals surface area contributed by atoms with Crippen LogP contribution in [-0.2, 0) is 17.9 Å². The van der Waals surface area contributed by atoms with Crippen molar-refractivity contribution in [3.8, 4) is 0 Å². The third kappa shape index (κ3) is 2.97. The fraction of sp³-hybridized carbons (Fsp3) is 0.278. The lowest BCUT2D eigenvalue weighted by atomic mass is 10.0. The Morgan fingerprint density at radius 2 is 1.86 bits per heavy atom. The number of hydrogen-bond acceptors (Lipinski definition) is 3. The van der Waals surface area contributed by atoms with E-state index < -0.39 is 0 Å². The van der Waals surface area contributed by atoms with Gasteiger partial charge >= 0.3 is 6.09 Å². The van der Waals surface area contributed by atoms with Gasteiger partial charge in [-0.2, -0.15) is 0 Å². The fourth-order valence-electron chi connectivity index (χ4n) is 2.89. The second-order valence-corrected chi connectivity index (χ2v) is 5.39. The summed E-state index contributed by atoms with van der Waals surface area (Å²) in [6, 6.07) is 17.5. The number of rotatable bonds is 4. The first kappa shape index (κ1) is 14.6. The van der Waals surface area contributed by atoms with E-state index in [1.807, 2.05) is 54.6 Å². The number of carbonyl (C=O) groups is 1. The average Bonchev–Trinajstić information content (AvgIpc) is 2.93. The number of amides is 1. The minimum Gasteiger partial charge on any atom is -0.445 e. The molecule has 2 aromatic carbocycles. The van der Waals surface area contributed by atoms with Crippen molar-refractivity contribution < 1.29 is 14.6 Å². The van der Waals surface area contributed by atoms with Gasteiger partial charge in [0, 0.05) is 13.2 Å². The highest BCUT2D eigenvalue weighted by atomic mass is 16.6. The van der Waals surface area contributed by atoms with Gasteiger partial charge in [0.15, 0.2) is 0 Å². The molecular weight excluding hydrogens is 278 g/mol. The van der Waals surface area contributed by atoms with Gasteiger partial charge in [-0.15, -0.1) is 0 Å². The molecule has 1 amide bonds. The molecular formula is C18H19NO3. The Bertz CT molecular complexity index is 642. The topological polar surface area (TPSA) is 49.8 Å². The van der Waals surface area contributed by atoms with Gasteiger partial charge in [0.1, 0.15) is 6.61 Å². The maximum absolute atomic E-state index is 12.4. The largest absolute Gasteiger partial charge is 0.445 e. The third-order valence-corrected chi connectivity index (χ3v) is 3.97. The number of benzene rings is 2. The molecule has 3 rings (SSSR count). The van der Waals surface area contributed by atoms with Gasteiger partial charge in [-0.05, 0) is 23.1 Å². The van der Waals surface area contributed by atoms with Gasteiger partial charge in [0.25, 0.3) is 0 Å². The lowest BCUT2D eigenvalue weighted by molar-refractivity contribution is 0.0776. The summed E-state index contributed by atoms with van der Waals surface area (Å²) in [7, 11) is 0. The van der Waals surface area contributed by atoms with Crippen molar-refractivity contribution in [2.24, 2.45) is 0 Å². The Morgan fingerprint density at radius 3 is 2.64 bits per heavy atom. The summed E-state index contributed by atoms with van der Waals surface area (Å²) >= 11 is 0. The quantitative estimate of drug-likeness (QED) is 0.942. The van der Waals surface area contributed by atoms with E-state index in [1.54, 1.807) is 4.90 Å². The molecule has 0 spiro atoms. The summed E-state index contributed by atoms with van der Waals surface area (Å²) < 4.78 is 5.43. The van der Waals surface area contributed by atoms with Crippen LogP contribution in [0.2, 0.25) is 0 Å². The van der Waals surface area contributed by atoms with Crippen LogP contribution in [0, 0.1) is 0 Å². The molecule has 1 N–H and O–H groups in total. The highest BCUT2D eigenvalue weighted by Gasteiger charge is 2.33. The van der Waals surface area contributed by atoms with Crippen molar-refractivity contribution in [2.75, 3.05) is 6.61 Å². The summed E-state index contributed by atoms with van der Waals surface area (Å²) in [5.74, 6) is 0. The molecule has 1 aliphatic rings. The van der Waals surface area contributed by atoms with E-state index in [-0.39, 0.29) is 25.3 Å². The van der Waals surface area contributed by atoms with Gasteiger partial charge < -0.3 is 9.84 Å².